The average Bonchev–Trinajstić information content (AvgIpc) is 3.23. The van der Waals surface area contributed by atoms with E-state index in [4.69, 9.17) is 4.74 Å². The molecule has 0 bridgehead atoms. The SMILES string of the molecule is Cc1ccc(C(C)C)c(OC(C)C(=O)N(Cc2sccc2C)C2CCS(=O)(=O)C2)c1. The summed E-state index contributed by atoms with van der Waals surface area (Å²) >= 11 is 1.59. The highest BCUT2D eigenvalue weighted by atomic mass is 32.2. The van der Waals surface area contributed by atoms with E-state index in [1.54, 1.807) is 23.2 Å². The summed E-state index contributed by atoms with van der Waals surface area (Å²) in [5.74, 6) is 0.985. The van der Waals surface area contributed by atoms with Crippen LogP contribution in [0.1, 0.15) is 54.7 Å². The Morgan fingerprint density at radius 1 is 1.23 bits per heavy atom. The molecule has 2 atom stereocenters. The van der Waals surface area contributed by atoms with Gasteiger partial charge in [0.2, 0.25) is 0 Å². The molecule has 0 spiro atoms. The maximum atomic E-state index is 13.5. The molecule has 5 nitrogen and oxygen atoms in total. The van der Waals surface area contributed by atoms with Gasteiger partial charge in [-0.2, -0.15) is 0 Å². The van der Waals surface area contributed by atoms with E-state index in [0.29, 0.717) is 13.0 Å². The fraction of sp³-hybridized carbons (Fsp3) is 0.522. The standard InChI is InChI=1S/C23H31NO4S2/c1-15(2)20-7-6-16(3)12-21(20)28-18(5)23(25)24(13-22-17(4)8-10-29-22)19-9-11-30(26,27)14-19/h6-8,10,12,15,18-19H,9,11,13-14H2,1-5H3. The van der Waals surface area contributed by atoms with Crippen molar-refractivity contribution >= 4 is 27.1 Å². The van der Waals surface area contributed by atoms with Crippen LogP contribution in [0.3, 0.4) is 0 Å². The van der Waals surface area contributed by atoms with E-state index in [2.05, 4.69) is 13.8 Å². The topological polar surface area (TPSA) is 63.7 Å². The smallest absolute Gasteiger partial charge is 0.263 e. The molecule has 3 rings (SSSR count). The van der Waals surface area contributed by atoms with Gasteiger partial charge in [0.25, 0.3) is 5.91 Å². The fourth-order valence-electron chi connectivity index (χ4n) is 3.82. The average molecular weight is 450 g/mol. The van der Waals surface area contributed by atoms with Crippen molar-refractivity contribution in [3.05, 3.63) is 51.2 Å². The highest BCUT2D eigenvalue weighted by Crippen LogP contribution is 2.30. The molecule has 2 aromatic rings. The quantitative estimate of drug-likeness (QED) is 0.626. The van der Waals surface area contributed by atoms with Gasteiger partial charge in [-0.1, -0.05) is 26.0 Å². The monoisotopic (exact) mass is 449 g/mol. The van der Waals surface area contributed by atoms with Crippen molar-refractivity contribution in [3.8, 4) is 5.75 Å². The molecule has 2 unspecified atom stereocenters. The van der Waals surface area contributed by atoms with Crippen LogP contribution in [0.2, 0.25) is 0 Å². The third kappa shape index (κ3) is 5.24. The van der Waals surface area contributed by atoms with Gasteiger partial charge in [-0.05, 0) is 67.3 Å². The Labute approximate surface area is 184 Å². The number of benzene rings is 1. The summed E-state index contributed by atoms with van der Waals surface area (Å²) in [6.45, 7) is 10.4. The lowest BCUT2D eigenvalue weighted by Crippen LogP contribution is -2.46. The molecule has 1 aliphatic heterocycles. The number of carbonyl (C=O) groups excluding carboxylic acids is 1. The van der Waals surface area contributed by atoms with Gasteiger partial charge in [0.1, 0.15) is 5.75 Å². The van der Waals surface area contributed by atoms with Crippen LogP contribution in [-0.2, 0) is 21.2 Å². The summed E-state index contributed by atoms with van der Waals surface area (Å²) in [7, 11) is -3.10. The summed E-state index contributed by atoms with van der Waals surface area (Å²) in [5, 5.41) is 2.00. The molecule has 0 N–H and O–H groups in total. The summed E-state index contributed by atoms with van der Waals surface area (Å²) in [5.41, 5.74) is 3.25. The Morgan fingerprint density at radius 3 is 2.53 bits per heavy atom. The second-order valence-corrected chi connectivity index (χ2v) is 11.7. The lowest BCUT2D eigenvalue weighted by atomic mass is 10.0. The Hall–Kier alpha value is -1.86. The van der Waals surface area contributed by atoms with Gasteiger partial charge in [0.15, 0.2) is 15.9 Å². The molecular weight excluding hydrogens is 418 g/mol. The van der Waals surface area contributed by atoms with Crippen LogP contribution in [0, 0.1) is 13.8 Å². The third-order valence-corrected chi connectivity index (χ3v) is 8.42. The molecule has 0 saturated carbocycles. The van der Waals surface area contributed by atoms with E-state index in [-0.39, 0.29) is 29.4 Å². The predicted molar refractivity (Wildman–Crippen MR) is 122 cm³/mol. The van der Waals surface area contributed by atoms with Crippen LogP contribution in [0.25, 0.3) is 0 Å². The maximum absolute atomic E-state index is 13.5. The van der Waals surface area contributed by atoms with E-state index in [9.17, 15) is 13.2 Å². The zero-order valence-corrected chi connectivity index (χ0v) is 20.0. The number of hydrogen-bond acceptors (Lipinski definition) is 5. The summed E-state index contributed by atoms with van der Waals surface area (Å²) < 4.78 is 30.3. The van der Waals surface area contributed by atoms with E-state index in [1.165, 1.54) is 0 Å². The second-order valence-electron chi connectivity index (χ2n) is 8.51. The van der Waals surface area contributed by atoms with Gasteiger partial charge in [-0.25, -0.2) is 8.42 Å². The van der Waals surface area contributed by atoms with E-state index in [1.807, 2.05) is 43.5 Å². The first kappa shape index (κ1) is 22.8. The highest BCUT2D eigenvalue weighted by molar-refractivity contribution is 7.91. The molecule has 1 saturated heterocycles. The number of nitrogens with zero attached hydrogens (tertiary/aromatic N) is 1. The van der Waals surface area contributed by atoms with Crippen LogP contribution in [0.4, 0.5) is 0 Å². The second kappa shape index (κ2) is 9.10. The number of ether oxygens (including phenoxy) is 1. The van der Waals surface area contributed by atoms with Gasteiger partial charge in [0.05, 0.1) is 18.1 Å². The van der Waals surface area contributed by atoms with Crippen molar-refractivity contribution in [2.45, 2.75) is 65.6 Å². The number of hydrogen-bond donors (Lipinski definition) is 0. The first-order chi connectivity index (χ1) is 14.1. The zero-order chi connectivity index (χ0) is 22.1. The molecule has 7 heteroatoms. The van der Waals surface area contributed by atoms with E-state index >= 15 is 0 Å². The number of rotatable bonds is 7. The molecule has 1 aliphatic rings. The van der Waals surface area contributed by atoms with Gasteiger partial charge >= 0.3 is 0 Å². The molecular formula is C23H31NO4S2. The zero-order valence-electron chi connectivity index (χ0n) is 18.3. The minimum Gasteiger partial charge on any atom is -0.481 e. The minimum absolute atomic E-state index is 0.0254. The van der Waals surface area contributed by atoms with E-state index < -0.39 is 15.9 Å². The maximum Gasteiger partial charge on any atom is 0.263 e. The molecule has 2 heterocycles. The Bertz CT molecular complexity index is 1010. The van der Waals surface area contributed by atoms with Crippen molar-refractivity contribution in [1.29, 1.82) is 0 Å². The Kier molecular flexibility index (Phi) is 6.92. The van der Waals surface area contributed by atoms with Crippen LogP contribution in [0.15, 0.2) is 29.6 Å². The normalized spacial score (nSPS) is 19.1. The van der Waals surface area contributed by atoms with Crippen LogP contribution >= 0.6 is 11.3 Å². The van der Waals surface area contributed by atoms with Crippen molar-refractivity contribution in [2.24, 2.45) is 0 Å². The summed E-state index contributed by atoms with van der Waals surface area (Å²) in [6.07, 6.45) is -0.222. The van der Waals surface area contributed by atoms with Gasteiger partial charge in [-0.15, -0.1) is 11.3 Å². The Balaban J connectivity index is 1.85. The first-order valence-corrected chi connectivity index (χ1v) is 13.1. The van der Waals surface area contributed by atoms with Crippen LogP contribution in [-0.4, -0.2) is 42.9 Å². The van der Waals surface area contributed by atoms with Crippen LogP contribution < -0.4 is 4.74 Å². The lowest BCUT2D eigenvalue weighted by Gasteiger charge is -2.31. The molecule has 164 valence electrons. The largest absolute Gasteiger partial charge is 0.481 e. The lowest BCUT2D eigenvalue weighted by molar-refractivity contribution is -0.140. The predicted octanol–water partition coefficient (Wildman–Crippen LogP) is 4.47. The summed E-state index contributed by atoms with van der Waals surface area (Å²) in [4.78, 5) is 16.3. The Morgan fingerprint density at radius 2 is 1.97 bits per heavy atom. The number of carbonyl (C=O) groups is 1. The third-order valence-electron chi connectivity index (χ3n) is 5.66. The van der Waals surface area contributed by atoms with Crippen LogP contribution in [0.5, 0.6) is 5.75 Å². The molecule has 30 heavy (non-hydrogen) atoms. The van der Waals surface area contributed by atoms with Gasteiger partial charge < -0.3 is 9.64 Å². The van der Waals surface area contributed by atoms with Crippen molar-refractivity contribution in [1.82, 2.24) is 4.90 Å². The molecule has 1 amide bonds. The van der Waals surface area contributed by atoms with Gasteiger partial charge in [0, 0.05) is 10.9 Å². The number of thiophene rings is 1. The van der Waals surface area contributed by atoms with Gasteiger partial charge in [-0.3, -0.25) is 4.79 Å². The van der Waals surface area contributed by atoms with Crippen molar-refractivity contribution < 1.29 is 17.9 Å². The van der Waals surface area contributed by atoms with Crippen molar-refractivity contribution in [2.75, 3.05) is 11.5 Å². The molecule has 1 aromatic carbocycles. The van der Waals surface area contributed by atoms with Crippen molar-refractivity contribution in [3.63, 3.8) is 0 Å². The molecule has 0 radical (unpaired) electrons. The molecule has 0 aliphatic carbocycles. The molecule has 1 fully saturated rings. The molecule has 1 aromatic heterocycles. The van der Waals surface area contributed by atoms with E-state index in [0.717, 1.165) is 27.3 Å². The number of amides is 1. The number of aryl methyl sites for hydroxylation is 2. The first-order valence-electron chi connectivity index (χ1n) is 10.4. The number of sulfone groups is 1. The summed E-state index contributed by atoms with van der Waals surface area (Å²) in [6, 6.07) is 7.77. The highest BCUT2D eigenvalue weighted by Gasteiger charge is 2.37. The minimum atomic E-state index is -3.10. The fourth-order valence-corrected chi connectivity index (χ4v) is 6.46.